The summed E-state index contributed by atoms with van der Waals surface area (Å²) in [5, 5.41) is 7.07. The van der Waals surface area contributed by atoms with E-state index in [4.69, 9.17) is 0 Å². The third-order valence-corrected chi connectivity index (χ3v) is 5.14. The van der Waals surface area contributed by atoms with E-state index in [1.54, 1.807) is 28.8 Å². The lowest BCUT2D eigenvalue weighted by Gasteiger charge is -2.26. The summed E-state index contributed by atoms with van der Waals surface area (Å²) in [5.74, 6) is 0.424. The second-order valence-electron chi connectivity index (χ2n) is 7.32. The van der Waals surface area contributed by atoms with Crippen LogP contribution in [-0.2, 0) is 13.6 Å². The van der Waals surface area contributed by atoms with Gasteiger partial charge in [0.25, 0.3) is 0 Å². The molecule has 1 aliphatic rings. The molecule has 0 aliphatic heterocycles. The van der Waals surface area contributed by atoms with Crippen molar-refractivity contribution in [3.63, 3.8) is 0 Å². The number of amides is 2. The third-order valence-electron chi connectivity index (χ3n) is 5.14. The Morgan fingerprint density at radius 1 is 1.32 bits per heavy atom. The van der Waals surface area contributed by atoms with Gasteiger partial charge in [-0.3, -0.25) is 4.68 Å². The molecular weight excluding hydrogens is 357 g/mol. The van der Waals surface area contributed by atoms with E-state index in [1.807, 2.05) is 6.92 Å². The highest BCUT2D eigenvalue weighted by atomic mass is 19.1. The Kier molecular flexibility index (Phi) is 6.79. The van der Waals surface area contributed by atoms with E-state index in [-0.39, 0.29) is 17.9 Å². The van der Waals surface area contributed by atoms with E-state index in [2.05, 4.69) is 21.5 Å². The van der Waals surface area contributed by atoms with Gasteiger partial charge in [0.05, 0.1) is 6.04 Å². The van der Waals surface area contributed by atoms with E-state index in [0.29, 0.717) is 18.9 Å². The zero-order valence-corrected chi connectivity index (χ0v) is 16.6. The van der Waals surface area contributed by atoms with Crippen LogP contribution in [0.4, 0.5) is 9.18 Å². The van der Waals surface area contributed by atoms with Gasteiger partial charge in [-0.15, -0.1) is 0 Å². The number of urea groups is 1. The molecule has 2 amide bonds. The minimum absolute atomic E-state index is 0.156. The first-order valence-electron chi connectivity index (χ1n) is 9.84. The number of allylic oxidation sites excluding steroid dienone is 1. The van der Waals surface area contributed by atoms with Crippen LogP contribution in [-0.4, -0.2) is 32.2 Å². The van der Waals surface area contributed by atoms with Crippen LogP contribution in [0.5, 0.6) is 0 Å². The number of halogens is 1. The Labute approximate surface area is 165 Å². The zero-order valence-electron chi connectivity index (χ0n) is 16.6. The predicted octanol–water partition coefficient (Wildman–Crippen LogP) is 4.12. The summed E-state index contributed by atoms with van der Waals surface area (Å²) in [6.07, 6.45) is 9.36. The number of aromatic nitrogens is 3. The molecule has 2 aromatic rings. The van der Waals surface area contributed by atoms with E-state index >= 15 is 0 Å². The first kappa shape index (κ1) is 20.0. The van der Waals surface area contributed by atoms with Crippen LogP contribution in [0.15, 0.2) is 42.2 Å². The van der Waals surface area contributed by atoms with Crippen LogP contribution in [0.2, 0.25) is 0 Å². The van der Waals surface area contributed by atoms with E-state index in [9.17, 15) is 9.18 Å². The topological polar surface area (TPSA) is 63.1 Å². The lowest BCUT2D eigenvalue weighted by molar-refractivity contribution is 0.191. The molecule has 7 heteroatoms. The van der Waals surface area contributed by atoms with Gasteiger partial charge >= 0.3 is 6.03 Å². The molecule has 0 radical (unpaired) electrons. The molecule has 1 N–H and O–H groups in total. The van der Waals surface area contributed by atoms with E-state index in [1.165, 1.54) is 36.9 Å². The number of hydrogen-bond donors (Lipinski definition) is 1. The first-order chi connectivity index (χ1) is 13.5. The van der Waals surface area contributed by atoms with Gasteiger partial charge in [-0.25, -0.2) is 14.2 Å². The van der Waals surface area contributed by atoms with Gasteiger partial charge in [-0.2, -0.15) is 5.10 Å². The fourth-order valence-electron chi connectivity index (χ4n) is 3.51. The maximum Gasteiger partial charge on any atom is 0.318 e. The van der Waals surface area contributed by atoms with Gasteiger partial charge in [0, 0.05) is 20.1 Å². The molecule has 1 aromatic carbocycles. The van der Waals surface area contributed by atoms with E-state index < -0.39 is 0 Å². The van der Waals surface area contributed by atoms with Gasteiger partial charge in [0.15, 0.2) is 0 Å². The fraction of sp³-hybridized carbons (Fsp3) is 0.476. The molecular formula is C21H28FN5O. The van der Waals surface area contributed by atoms with Crippen molar-refractivity contribution in [1.82, 2.24) is 25.0 Å². The molecule has 0 bridgehead atoms. The maximum atomic E-state index is 13.2. The first-order valence-corrected chi connectivity index (χ1v) is 9.84. The summed E-state index contributed by atoms with van der Waals surface area (Å²) in [5.41, 5.74) is 2.32. The Morgan fingerprint density at radius 2 is 2.11 bits per heavy atom. The van der Waals surface area contributed by atoms with Crippen molar-refractivity contribution in [3.8, 4) is 0 Å². The van der Waals surface area contributed by atoms with Gasteiger partial charge in [0.1, 0.15) is 18.0 Å². The number of hydrogen-bond acceptors (Lipinski definition) is 3. The van der Waals surface area contributed by atoms with Gasteiger partial charge in [-0.1, -0.05) is 23.8 Å². The number of benzene rings is 1. The molecule has 6 nitrogen and oxygen atoms in total. The van der Waals surface area contributed by atoms with Crippen molar-refractivity contribution >= 4 is 6.03 Å². The van der Waals surface area contributed by atoms with Crippen LogP contribution in [0.25, 0.3) is 0 Å². The Balaban J connectivity index is 1.68. The molecule has 1 heterocycles. The van der Waals surface area contributed by atoms with Crippen molar-refractivity contribution in [2.24, 2.45) is 7.05 Å². The Bertz CT molecular complexity index is 814. The quantitative estimate of drug-likeness (QED) is 0.730. The molecule has 1 unspecified atom stereocenters. The zero-order chi connectivity index (χ0) is 19.9. The lowest BCUT2D eigenvalue weighted by Crippen LogP contribution is -2.41. The Hall–Kier alpha value is -2.70. The number of rotatable bonds is 7. The highest BCUT2D eigenvalue weighted by Crippen LogP contribution is 2.21. The summed E-state index contributed by atoms with van der Waals surface area (Å²) in [6.45, 7) is 2.95. The van der Waals surface area contributed by atoms with Gasteiger partial charge in [0.2, 0.25) is 0 Å². The van der Waals surface area contributed by atoms with Crippen LogP contribution in [0, 0.1) is 5.82 Å². The number of carbonyl (C=O) groups is 1. The molecule has 1 aromatic heterocycles. The van der Waals surface area contributed by atoms with Crippen molar-refractivity contribution in [1.29, 1.82) is 0 Å². The standard InChI is InChI=1S/C21H28FN5O/c1-16(20-23-15-24-26(20)2)25-21(28)27(13-12-17-6-4-3-5-7-17)14-18-8-10-19(22)11-9-18/h6,8-11,15-16H,3-5,7,12-14H2,1-2H3,(H,25,28). The molecule has 28 heavy (non-hydrogen) atoms. The average molecular weight is 385 g/mol. The second-order valence-corrected chi connectivity index (χ2v) is 7.32. The summed E-state index contributed by atoms with van der Waals surface area (Å²) in [4.78, 5) is 19.0. The van der Waals surface area contributed by atoms with Crippen molar-refractivity contribution in [3.05, 3.63) is 59.4 Å². The highest BCUT2D eigenvalue weighted by Gasteiger charge is 2.20. The highest BCUT2D eigenvalue weighted by molar-refractivity contribution is 5.74. The van der Waals surface area contributed by atoms with Crippen LogP contribution in [0.3, 0.4) is 0 Å². The monoisotopic (exact) mass is 385 g/mol. The van der Waals surface area contributed by atoms with Crippen LogP contribution >= 0.6 is 0 Å². The number of nitrogens with one attached hydrogen (secondary N) is 1. The fourth-order valence-corrected chi connectivity index (χ4v) is 3.51. The molecule has 3 rings (SSSR count). The number of nitrogens with zero attached hydrogens (tertiary/aromatic N) is 4. The van der Waals surface area contributed by atoms with Crippen LogP contribution in [0.1, 0.15) is 56.5 Å². The lowest BCUT2D eigenvalue weighted by atomic mass is 9.97. The Morgan fingerprint density at radius 3 is 2.75 bits per heavy atom. The molecule has 150 valence electrons. The molecule has 0 spiro atoms. The van der Waals surface area contributed by atoms with Gasteiger partial charge < -0.3 is 10.2 Å². The second kappa shape index (κ2) is 9.48. The summed E-state index contributed by atoms with van der Waals surface area (Å²) < 4.78 is 14.9. The van der Waals surface area contributed by atoms with Crippen LogP contribution < -0.4 is 5.32 Å². The van der Waals surface area contributed by atoms with Crippen molar-refractivity contribution < 1.29 is 9.18 Å². The third kappa shape index (κ3) is 5.41. The van der Waals surface area contributed by atoms with Gasteiger partial charge in [-0.05, 0) is 56.7 Å². The maximum absolute atomic E-state index is 13.2. The molecule has 0 fully saturated rings. The summed E-state index contributed by atoms with van der Waals surface area (Å²) >= 11 is 0. The SMILES string of the molecule is CC(NC(=O)N(CCC1=CCCCC1)Cc1ccc(F)cc1)c1ncnn1C. The summed E-state index contributed by atoms with van der Waals surface area (Å²) in [7, 11) is 1.80. The summed E-state index contributed by atoms with van der Waals surface area (Å²) in [6, 6.07) is 5.89. The molecule has 1 atom stereocenters. The molecule has 0 saturated heterocycles. The minimum atomic E-state index is -0.275. The molecule has 0 saturated carbocycles. The normalized spacial score (nSPS) is 15.0. The molecule has 1 aliphatic carbocycles. The van der Waals surface area contributed by atoms with Crippen molar-refractivity contribution in [2.45, 2.75) is 51.6 Å². The smallest absolute Gasteiger partial charge is 0.318 e. The largest absolute Gasteiger partial charge is 0.328 e. The predicted molar refractivity (Wildman–Crippen MR) is 106 cm³/mol. The van der Waals surface area contributed by atoms with Crippen molar-refractivity contribution in [2.75, 3.05) is 6.54 Å². The number of aryl methyl sites for hydroxylation is 1. The number of carbonyl (C=O) groups excluding carboxylic acids is 1. The average Bonchev–Trinajstić information content (AvgIpc) is 3.13. The minimum Gasteiger partial charge on any atom is -0.328 e. The van der Waals surface area contributed by atoms with E-state index in [0.717, 1.165) is 24.8 Å².